The molecule has 3 N–H and O–H groups in total. The minimum atomic E-state index is -0.754. The van der Waals surface area contributed by atoms with Gasteiger partial charge in [-0.2, -0.15) is 0 Å². The first-order chi connectivity index (χ1) is 10.1. The largest absolute Gasteiger partial charge is 0.481 e. The zero-order chi connectivity index (χ0) is 15.1. The molecule has 2 heterocycles. The molecule has 0 bridgehead atoms. The maximum Gasteiger partial charge on any atom is 0.317 e. The lowest BCUT2D eigenvalue weighted by molar-refractivity contribution is -0.138. The number of amides is 2. The lowest BCUT2D eigenvalue weighted by atomic mass is 9.94. The van der Waals surface area contributed by atoms with Gasteiger partial charge in [0.1, 0.15) is 5.82 Å². The van der Waals surface area contributed by atoms with Crippen molar-refractivity contribution in [3.8, 4) is 0 Å². The minimum Gasteiger partial charge on any atom is -0.481 e. The van der Waals surface area contributed by atoms with Crippen LogP contribution in [0, 0.1) is 5.92 Å². The lowest BCUT2D eigenvalue weighted by Gasteiger charge is -2.31. The van der Waals surface area contributed by atoms with E-state index in [4.69, 9.17) is 5.11 Å². The molecule has 0 spiro atoms. The van der Waals surface area contributed by atoms with Gasteiger partial charge in [0.25, 0.3) is 0 Å². The fraction of sp³-hybridized carbons (Fsp3) is 0.643. The summed E-state index contributed by atoms with van der Waals surface area (Å²) in [5, 5.41) is 11.7. The number of aromatic nitrogens is 2. The zero-order valence-corrected chi connectivity index (χ0v) is 12.0. The highest BCUT2D eigenvalue weighted by atomic mass is 16.4. The highest BCUT2D eigenvalue weighted by Crippen LogP contribution is 2.20. The molecule has 0 aromatic carbocycles. The van der Waals surface area contributed by atoms with Crippen molar-refractivity contribution in [2.75, 3.05) is 19.6 Å². The summed E-state index contributed by atoms with van der Waals surface area (Å²) in [4.78, 5) is 31.5. The number of hydrogen-bond acceptors (Lipinski definition) is 3. The van der Waals surface area contributed by atoms with E-state index in [1.165, 1.54) is 0 Å². The van der Waals surface area contributed by atoms with Crippen molar-refractivity contribution < 1.29 is 14.7 Å². The van der Waals surface area contributed by atoms with E-state index in [9.17, 15) is 9.59 Å². The highest BCUT2D eigenvalue weighted by Gasteiger charge is 2.23. The first-order valence-corrected chi connectivity index (χ1v) is 7.38. The number of carboxylic acid groups (broad SMARTS) is 1. The van der Waals surface area contributed by atoms with Crippen molar-refractivity contribution in [3.63, 3.8) is 0 Å². The third-order valence-corrected chi connectivity index (χ3v) is 3.79. The number of rotatable bonds is 6. The first-order valence-electron chi connectivity index (χ1n) is 7.38. The van der Waals surface area contributed by atoms with Crippen molar-refractivity contribution in [3.05, 3.63) is 18.2 Å². The Labute approximate surface area is 123 Å². The van der Waals surface area contributed by atoms with Gasteiger partial charge in [0.05, 0.1) is 0 Å². The molecule has 7 nitrogen and oxygen atoms in total. The summed E-state index contributed by atoms with van der Waals surface area (Å²) in [7, 11) is 0. The molecule has 1 aromatic heterocycles. The number of urea groups is 1. The number of imidazole rings is 1. The topological polar surface area (TPSA) is 98.3 Å². The summed E-state index contributed by atoms with van der Waals surface area (Å²) in [5.41, 5.74) is 0. The zero-order valence-electron chi connectivity index (χ0n) is 12.0. The molecule has 1 aliphatic rings. The molecule has 0 atom stereocenters. The van der Waals surface area contributed by atoms with Crippen LogP contribution in [0.3, 0.4) is 0 Å². The Morgan fingerprint density at radius 2 is 2.19 bits per heavy atom. The number of carbonyl (C=O) groups is 2. The van der Waals surface area contributed by atoms with E-state index >= 15 is 0 Å². The van der Waals surface area contributed by atoms with Gasteiger partial charge in [-0.15, -0.1) is 0 Å². The standard InChI is InChI=1S/C14H22N4O3/c19-13(20)10-11-3-8-18(9-4-11)14(21)17-5-1-2-12-15-6-7-16-12/h6-7,11H,1-5,8-10H2,(H,15,16)(H,17,21)(H,19,20). The Morgan fingerprint density at radius 3 is 2.81 bits per heavy atom. The van der Waals surface area contributed by atoms with Crippen LogP contribution >= 0.6 is 0 Å². The molecule has 1 aromatic rings. The molecule has 1 aliphatic heterocycles. The molecule has 1 saturated heterocycles. The van der Waals surface area contributed by atoms with Gasteiger partial charge in [0.2, 0.25) is 0 Å². The van der Waals surface area contributed by atoms with E-state index in [0.29, 0.717) is 19.6 Å². The summed E-state index contributed by atoms with van der Waals surface area (Å²) in [6.45, 7) is 1.90. The third kappa shape index (κ3) is 5.09. The van der Waals surface area contributed by atoms with Gasteiger partial charge >= 0.3 is 12.0 Å². The predicted molar refractivity (Wildman–Crippen MR) is 76.9 cm³/mol. The van der Waals surface area contributed by atoms with Gasteiger partial charge in [-0.1, -0.05) is 0 Å². The minimum absolute atomic E-state index is 0.0526. The Hall–Kier alpha value is -2.05. The number of carboxylic acids is 1. The van der Waals surface area contributed by atoms with Crippen molar-refractivity contribution in [1.29, 1.82) is 0 Å². The van der Waals surface area contributed by atoms with E-state index in [0.717, 1.165) is 31.5 Å². The molecule has 0 saturated carbocycles. The van der Waals surface area contributed by atoms with E-state index < -0.39 is 5.97 Å². The second kappa shape index (κ2) is 7.66. The van der Waals surface area contributed by atoms with Gasteiger partial charge < -0.3 is 20.3 Å². The Morgan fingerprint density at radius 1 is 1.43 bits per heavy atom. The summed E-state index contributed by atoms with van der Waals surface area (Å²) >= 11 is 0. The lowest BCUT2D eigenvalue weighted by Crippen LogP contribution is -2.45. The second-order valence-corrected chi connectivity index (χ2v) is 5.40. The van der Waals surface area contributed by atoms with Crippen LogP contribution in [0.25, 0.3) is 0 Å². The molecule has 0 unspecified atom stereocenters. The van der Waals surface area contributed by atoms with E-state index in [2.05, 4.69) is 15.3 Å². The third-order valence-electron chi connectivity index (χ3n) is 3.79. The van der Waals surface area contributed by atoms with E-state index in [1.807, 2.05) is 0 Å². The normalized spacial score (nSPS) is 15.9. The number of aromatic amines is 1. The maximum atomic E-state index is 12.0. The van der Waals surface area contributed by atoms with Gasteiger partial charge in [0, 0.05) is 44.9 Å². The number of nitrogens with one attached hydrogen (secondary N) is 2. The van der Waals surface area contributed by atoms with Crippen LogP contribution in [0.4, 0.5) is 4.79 Å². The predicted octanol–water partition coefficient (Wildman–Crippen LogP) is 1.24. The highest BCUT2D eigenvalue weighted by molar-refractivity contribution is 5.74. The van der Waals surface area contributed by atoms with Crippen LogP contribution < -0.4 is 5.32 Å². The quantitative estimate of drug-likeness (QED) is 0.687. The molecule has 2 rings (SSSR count). The van der Waals surface area contributed by atoms with Crippen LogP contribution in [-0.4, -0.2) is 51.6 Å². The molecule has 0 aliphatic carbocycles. The van der Waals surface area contributed by atoms with E-state index in [1.54, 1.807) is 17.3 Å². The van der Waals surface area contributed by atoms with E-state index in [-0.39, 0.29) is 18.4 Å². The van der Waals surface area contributed by atoms with Crippen LogP contribution in [0.5, 0.6) is 0 Å². The second-order valence-electron chi connectivity index (χ2n) is 5.40. The Balaban J connectivity index is 1.60. The molecule has 7 heteroatoms. The van der Waals surface area contributed by atoms with Crippen molar-refractivity contribution in [2.24, 2.45) is 5.92 Å². The molecule has 2 amide bonds. The number of piperidine rings is 1. The number of aryl methyl sites for hydroxylation is 1. The van der Waals surface area contributed by atoms with Gasteiger partial charge in [-0.3, -0.25) is 4.79 Å². The SMILES string of the molecule is O=C(O)CC1CCN(C(=O)NCCCc2ncc[nH]2)CC1. The maximum absolute atomic E-state index is 12.0. The Bertz CT molecular complexity index is 453. The fourth-order valence-electron chi connectivity index (χ4n) is 2.58. The van der Waals surface area contributed by atoms with Gasteiger partial charge in [0.15, 0.2) is 0 Å². The van der Waals surface area contributed by atoms with Gasteiger partial charge in [-0.25, -0.2) is 9.78 Å². The molecule has 116 valence electrons. The van der Waals surface area contributed by atoms with Crippen molar-refractivity contribution >= 4 is 12.0 Å². The summed E-state index contributed by atoms with van der Waals surface area (Å²) in [5.74, 6) is 0.375. The molecule has 21 heavy (non-hydrogen) atoms. The summed E-state index contributed by atoms with van der Waals surface area (Å²) < 4.78 is 0. The number of aliphatic carboxylic acids is 1. The number of H-pyrrole nitrogens is 1. The number of likely N-dealkylation sites (tertiary alicyclic amines) is 1. The van der Waals surface area contributed by atoms with Crippen molar-refractivity contribution in [2.45, 2.75) is 32.1 Å². The van der Waals surface area contributed by atoms with Gasteiger partial charge in [-0.05, 0) is 25.2 Å². The fourth-order valence-corrected chi connectivity index (χ4v) is 2.58. The summed E-state index contributed by atoms with van der Waals surface area (Å²) in [6, 6.07) is -0.0526. The monoisotopic (exact) mass is 294 g/mol. The summed E-state index contributed by atoms with van der Waals surface area (Å²) in [6.07, 6.45) is 6.91. The molecule has 0 radical (unpaired) electrons. The molecular weight excluding hydrogens is 272 g/mol. The molecular formula is C14H22N4O3. The Kier molecular flexibility index (Phi) is 5.59. The van der Waals surface area contributed by atoms with Crippen LogP contribution in [0.2, 0.25) is 0 Å². The first kappa shape index (κ1) is 15.3. The average molecular weight is 294 g/mol. The van der Waals surface area contributed by atoms with Crippen LogP contribution in [-0.2, 0) is 11.2 Å². The average Bonchev–Trinajstić information content (AvgIpc) is 2.97. The molecule has 1 fully saturated rings. The number of hydrogen-bond donors (Lipinski definition) is 3. The van der Waals surface area contributed by atoms with Crippen LogP contribution in [0.1, 0.15) is 31.5 Å². The number of nitrogens with zero attached hydrogens (tertiary/aromatic N) is 2. The van der Waals surface area contributed by atoms with Crippen molar-refractivity contribution in [1.82, 2.24) is 20.2 Å². The van der Waals surface area contributed by atoms with Crippen LogP contribution in [0.15, 0.2) is 12.4 Å². The smallest absolute Gasteiger partial charge is 0.317 e. The number of carbonyl (C=O) groups excluding carboxylic acids is 1.